The van der Waals surface area contributed by atoms with Crippen molar-refractivity contribution in [2.75, 3.05) is 0 Å². The molecule has 0 heterocycles. The largest absolute Gasteiger partial charge is 0.457 e. The van der Waals surface area contributed by atoms with E-state index in [1.54, 1.807) is 0 Å². The van der Waals surface area contributed by atoms with Crippen molar-refractivity contribution < 1.29 is 39.5 Å². The van der Waals surface area contributed by atoms with Crippen LogP contribution >= 0.6 is 0 Å². The van der Waals surface area contributed by atoms with Crippen LogP contribution in [0.15, 0.2) is 11.1 Å². The quantitative estimate of drug-likeness (QED) is 0.505. The summed E-state index contributed by atoms with van der Waals surface area (Å²) in [7, 11) is 0. The highest BCUT2D eigenvalue weighted by Crippen LogP contribution is 2.52. The Bertz CT molecular complexity index is 310. The molecule has 0 aliphatic heterocycles. The maximum absolute atomic E-state index is 13.4. The maximum Gasteiger partial charge on any atom is 0.457 e. The van der Waals surface area contributed by atoms with Gasteiger partial charge < -0.3 is 0 Å². The zero-order chi connectivity index (χ0) is 15.2. The van der Waals surface area contributed by atoms with Gasteiger partial charge in [-0.1, -0.05) is 5.57 Å². The lowest BCUT2D eigenvalue weighted by molar-refractivity contribution is -0.284. The first kappa shape index (κ1) is 17.1. The van der Waals surface area contributed by atoms with E-state index in [2.05, 4.69) is 0 Å². The van der Waals surface area contributed by atoms with E-state index in [4.69, 9.17) is 0 Å². The lowest BCUT2D eigenvalue weighted by atomic mass is 9.87. The summed E-state index contributed by atoms with van der Waals surface area (Å²) in [5, 5.41) is 0. The third-order valence-corrected chi connectivity index (χ3v) is 2.17. The monoisotopic (exact) mass is 288 g/mol. The second kappa shape index (κ2) is 4.34. The number of hydrogen-bond acceptors (Lipinski definition) is 0. The predicted molar refractivity (Wildman–Crippen MR) is 44.9 cm³/mol. The molecule has 0 N–H and O–H groups in total. The number of halogens is 9. The maximum atomic E-state index is 13.4. The summed E-state index contributed by atoms with van der Waals surface area (Å²) in [6, 6.07) is 0. The average molecular weight is 288 g/mol. The van der Waals surface area contributed by atoms with Crippen LogP contribution in [-0.4, -0.2) is 23.9 Å². The molecule has 0 radical (unpaired) electrons. The first-order chi connectivity index (χ1) is 7.57. The van der Waals surface area contributed by atoms with E-state index in [1.807, 2.05) is 0 Å². The molecule has 0 aromatic heterocycles. The van der Waals surface area contributed by atoms with E-state index < -0.39 is 35.1 Å². The van der Waals surface area contributed by atoms with E-state index >= 15 is 0 Å². The number of alkyl halides is 9. The van der Waals surface area contributed by atoms with Gasteiger partial charge in [0.2, 0.25) is 5.67 Å². The molecule has 0 nitrogen and oxygen atoms in total. The SMILES string of the molecule is CC(C)=C(C(C)(F)C(F)(F)F)C(F)(F)C(F)(F)F. The van der Waals surface area contributed by atoms with Crippen LogP contribution in [0.4, 0.5) is 39.5 Å². The van der Waals surface area contributed by atoms with E-state index in [9.17, 15) is 39.5 Å². The molecule has 9 heteroatoms. The van der Waals surface area contributed by atoms with E-state index in [0.29, 0.717) is 13.8 Å². The first-order valence-electron chi connectivity index (χ1n) is 4.45. The Hall–Kier alpha value is -0.890. The Labute approximate surface area is 96.5 Å². The van der Waals surface area contributed by atoms with Crippen LogP contribution in [0.5, 0.6) is 0 Å². The highest BCUT2D eigenvalue weighted by atomic mass is 19.4. The van der Waals surface area contributed by atoms with Crippen LogP contribution in [0.2, 0.25) is 0 Å². The molecule has 108 valence electrons. The minimum absolute atomic E-state index is 0.366. The van der Waals surface area contributed by atoms with Crippen molar-refractivity contribution in [2.24, 2.45) is 0 Å². The van der Waals surface area contributed by atoms with Crippen molar-refractivity contribution in [3.8, 4) is 0 Å². The molecule has 0 bridgehead atoms. The van der Waals surface area contributed by atoms with Crippen LogP contribution in [0.3, 0.4) is 0 Å². The zero-order valence-electron chi connectivity index (χ0n) is 9.40. The third kappa shape index (κ3) is 2.74. The Morgan fingerprint density at radius 1 is 0.667 bits per heavy atom. The summed E-state index contributed by atoms with van der Waals surface area (Å²) in [6.45, 7) is 0.742. The molecule has 0 aliphatic carbocycles. The smallest absolute Gasteiger partial charge is 0.229 e. The minimum atomic E-state index is -6.31. The number of hydrogen-bond donors (Lipinski definition) is 0. The van der Waals surface area contributed by atoms with Gasteiger partial charge in [-0.3, -0.25) is 0 Å². The number of rotatable bonds is 2. The second-order valence-corrected chi connectivity index (χ2v) is 3.95. The molecule has 0 saturated carbocycles. The minimum Gasteiger partial charge on any atom is -0.229 e. The van der Waals surface area contributed by atoms with Gasteiger partial charge in [-0.05, 0) is 20.8 Å². The Morgan fingerprint density at radius 2 is 1.00 bits per heavy atom. The van der Waals surface area contributed by atoms with E-state index in [-0.39, 0.29) is 6.92 Å². The first-order valence-corrected chi connectivity index (χ1v) is 4.45. The zero-order valence-corrected chi connectivity index (χ0v) is 9.40. The van der Waals surface area contributed by atoms with Crippen LogP contribution in [-0.2, 0) is 0 Å². The van der Waals surface area contributed by atoms with Crippen LogP contribution < -0.4 is 0 Å². The Kier molecular flexibility index (Phi) is 4.13. The molecule has 0 aromatic rings. The predicted octanol–water partition coefficient (Wildman–Crippen LogP) is 4.81. The fourth-order valence-corrected chi connectivity index (χ4v) is 1.36. The molecule has 1 unspecified atom stereocenters. The normalized spacial score (nSPS) is 17.3. The number of allylic oxidation sites excluding steroid dienone is 2. The summed E-state index contributed by atoms with van der Waals surface area (Å²) >= 11 is 0. The van der Waals surface area contributed by atoms with Gasteiger partial charge in [0.15, 0.2) is 0 Å². The summed E-state index contributed by atoms with van der Waals surface area (Å²) in [5.74, 6) is -5.90. The fourth-order valence-electron chi connectivity index (χ4n) is 1.36. The van der Waals surface area contributed by atoms with Crippen molar-refractivity contribution in [3.05, 3.63) is 11.1 Å². The van der Waals surface area contributed by atoms with Crippen molar-refractivity contribution in [2.45, 2.75) is 44.7 Å². The highest BCUT2D eigenvalue weighted by molar-refractivity contribution is 5.31. The van der Waals surface area contributed by atoms with Gasteiger partial charge >= 0.3 is 18.3 Å². The van der Waals surface area contributed by atoms with Crippen LogP contribution in [0.25, 0.3) is 0 Å². The van der Waals surface area contributed by atoms with Crippen molar-refractivity contribution in [1.82, 2.24) is 0 Å². The summed E-state index contributed by atoms with van der Waals surface area (Å²) < 4.78 is 112. The lowest BCUT2D eigenvalue weighted by Gasteiger charge is -2.33. The fraction of sp³-hybridized carbons (Fsp3) is 0.778. The van der Waals surface area contributed by atoms with Gasteiger partial charge in [0.05, 0.1) is 5.57 Å². The second-order valence-electron chi connectivity index (χ2n) is 3.95. The van der Waals surface area contributed by atoms with Gasteiger partial charge in [0.1, 0.15) is 0 Å². The van der Waals surface area contributed by atoms with Gasteiger partial charge in [-0.2, -0.15) is 35.1 Å². The topological polar surface area (TPSA) is 0 Å². The summed E-state index contributed by atoms with van der Waals surface area (Å²) in [5.41, 5.74) is -8.49. The molecule has 1 atom stereocenters. The van der Waals surface area contributed by atoms with E-state index in [0.717, 1.165) is 0 Å². The van der Waals surface area contributed by atoms with Gasteiger partial charge in [0.25, 0.3) is 0 Å². The standard InChI is InChI=1S/C9H9F9/c1-4(2)5(6(3,10)8(13,14)15)7(11,12)9(16,17)18/h1-3H3. The summed E-state index contributed by atoms with van der Waals surface area (Å²) in [6.07, 6.45) is -12.2. The Balaban J connectivity index is 6.06. The third-order valence-electron chi connectivity index (χ3n) is 2.17. The van der Waals surface area contributed by atoms with Gasteiger partial charge in [-0.15, -0.1) is 0 Å². The molecule has 0 spiro atoms. The molecular formula is C9H9F9. The van der Waals surface area contributed by atoms with Crippen LogP contribution in [0.1, 0.15) is 20.8 Å². The molecule has 0 aromatic carbocycles. The average Bonchev–Trinajstić information content (AvgIpc) is 1.96. The van der Waals surface area contributed by atoms with Crippen molar-refractivity contribution >= 4 is 0 Å². The molecule has 0 rings (SSSR count). The molecule has 0 amide bonds. The molecule has 0 aliphatic rings. The summed E-state index contributed by atoms with van der Waals surface area (Å²) in [4.78, 5) is 0. The molecule has 18 heavy (non-hydrogen) atoms. The van der Waals surface area contributed by atoms with Crippen molar-refractivity contribution in [3.63, 3.8) is 0 Å². The molecule has 0 fully saturated rings. The lowest BCUT2D eigenvalue weighted by Crippen LogP contribution is -2.51. The molecular weight excluding hydrogens is 279 g/mol. The Morgan fingerprint density at radius 3 is 1.17 bits per heavy atom. The van der Waals surface area contributed by atoms with E-state index in [1.165, 1.54) is 0 Å². The highest BCUT2D eigenvalue weighted by Gasteiger charge is 2.69. The molecule has 0 saturated heterocycles. The van der Waals surface area contributed by atoms with Gasteiger partial charge in [-0.25, -0.2) is 4.39 Å². The van der Waals surface area contributed by atoms with Crippen molar-refractivity contribution in [1.29, 1.82) is 0 Å². The van der Waals surface area contributed by atoms with Crippen LogP contribution in [0, 0.1) is 0 Å². The van der Waals surface area contributed by atoms with Gasteiger partial charge in [0, 0.05) is 0 Å².